The largest absolute Gasteiger partial charge is 0.345 e. The third kappa shape index (κ3) is 4.39. The maximum Gasteiger partial charge on any atom is 0.257 e. The molecule has 3 heterocycles. The van der Waals surface area contributed by atoms with Crippen LogP contribution in [-0.2, 0) is 6.54 Å². The Labute approximate surface area is 183 Å². The van der Waals surface area contributed by atoms with E-state index in [4.69, 9.17) is 11.6 Å². The second-order valence-corrected chi connectivity index (χ2v) is 7.56. The van der Waals surface area contributed by atoms with Crippen LogP contribution in [0.5, 0.6) is 0 Å². The van der Waals surface area contributed by atoms with Gasteiger partial charge in [0.1, 0.15) is 5.52 Å². The molecule has 0 radical (unpaired) electrons. The molecule has 1 aromatic carbocycles. The summed E-state index contributed by atoms with van der Waals surface area (Å²) in [6, 6.07) is 10.3. The summed E-state index contributed by atoms with van der Waals surface area (Å²) in [5.74, 6) is -0.557. The summed E-state index contributed by atoms with van der Waals surface area (Å²) in [5, 5.41) is 3.04. The van der Waals surface area contributed by atoms with E-state index in [2.05, 4.69) is 20.3 Å². The van der Waals surface area contributed by atoms with Gasteiger partial charge in [0.2, 0.25) is 0 Å². The lowest BCUT2D eigenvalue weighted by Gasteiger charge is -2.13. The number of carbonyl (C=O) groups excluding carboxylic acids is 2. The second-order valence-electron chi connectivity index (χ2n) is 7.15. The molecule has 8 nitrogen and oxygen atoms in total. The van der Waals surface area contributed by atoms with Crippen molar-refractivity contribution in [3.05, 3.63) is 83.0 Å². The van der Waals surface area contributed by atoms with Gasteiger partial charge < -0.3 is 14.8 Å². The number of pyridine rings is 2. The van der Waals surface area contributed by atoms with Crippen molar-refractivity contribution in [2.24, 2.45) is 0 Å². The normalized spacial score (nSPS) is 10.8. The zero-order chi connectivity index (χ0) is 22.0. The van der Waals surface area contributed by atoms with Crippen LogP contribution in [-0.4, -0.2) is 50.3 Å². The SMILES string of the molecule is CN(C)C(=O)c1ccc(NC(=O)c2cnc3c(c2)ncn3Cc2cccnc2)cc1Cl. The number of rotatable bonds is 5. The highest BCUT2D eigenvalue weighted by molar-refractivity contribution is 6.34. The van der Waals surface area contributed by atoms with Crippen molar-refractivity contribution in [1.82, 2.24) is 24.4 Å². The maximum atomic E-state index is 12.7. The van der Waals surface area contributed by atoms with Gasteiger partial charge in [-0.1, -0.05) is 17.7 Å². The van der Waals surface area contributed by atoms with Gasteiger partial charge in [0.05, 0.1) is 29.0 Å². The van der Waals surface area contributed by atoms with Crippen molar-refractivity contribution < 1.29 is 9.59 Å². The Kier molecular flexibility index (Phi) is 5.64. The molecule has 0 aliphatic heterocycles. The molecular formula is C22H19ClN6O2. The Morgan fingerprint density at radius 3 is 2.68 bits per heavy atom. The molecular weight excluding hydrogens is 416 g/mol. The number of anilines is 1. The Morgan fingerprint density at radius 1 is 1.13 bits per heavy atom. The highest BCUT2D eigenvalue weighted by Crippen LogP contribution is 2.23. The highest BCUT2D eigenvalue weighted by Gasteiger charge is 2.15. The van der Waals surface area contributed by atoms with Crippen LogP contribution in [0.3, 0.4) is 0 Å². The summed E-state index contributed by atoms with van der Waals surface area (Å²) in [6.07, 6.45) is 6.70. The third-order valence-electron chi connectivity index (χ3n) is 4.66. The summed E-state index contributed by atoms with van der Waals surface area (Å²) in [7, 11) is 3.30. The number of fused-ring (bicyclic) bond motifs is 1. The number of imidazole rings is 1. The van der Waals surface area contributed by atoms with Crippen LogP contribution in [0.15, 0.2) is 61.3 Å². The minimum absolute atomic E-state index is 0.209. The molecule has 0 saturated heterocycles. The van der Waals surface area contributed by atoms with Gasteiger partial charge in [-0.05, 0) is 35.9 Å². The first-order valence-corrected chi connectivity index (χ1v) is 9.82. The molecule has 0 aliphatic rings. The van der Waals surface area contributed by atoms with Gasteiger partial charge >= 0.3 is 0 Å². The highest BCUT2D eigenvalue weighted by atomic mass is 35.5. The number of carbonyl (C=O) groups is 2. The minimum atomic E-state index is -0.348. The van der Waals surface area contributed by atoms with Crippen molar-refractivity contribution >= 4 is 40.3 Å². The Hall–Kier alpha value is -3.78. The Balaban J connectivity index is 1.52. The number of hydrogen-bond donors (Lipinski definition) is 1. The number of hydrogen-bond acceptors (Lipinski definition) is 5. The number of benzene rings is 1. The monoisotopic (exact) mass is 434 g/mol. The smallest absolute Gasteiger partial charge is 0.257 e. The standard InChI is InChI=1S/C22H19ClN6O2/c1-28(2)22(31)17-6-5-16(9-18(17)23)27-21(30)15-8-19-20(25-11-15)29(13-26-19)12-14-4-3-7-24-10-14/h3-11,13H,12H2,1-2H3,(H,27,30). The molecule has 2 amide bonds. The summed E-state index contributed by atoms with van der Waals surface area (Å²) >= 11 is 6.22. The van der Waals surface area contributed by atoms with E-state index in [1.54, 1.807) is 57.1 Å². The molecule has 0 aliphatic carbocycles. The van der Waals surface area contributed by atoms with Crippen LogP contribution >= 0.6 is 11.6 Å². The van der Waals surface area contributed by atoms with Crippen molar-refractivity contribution in [2.45, 2.75) is 6.54 Å². The van der Waals surface area contributed by atoms with Crippen LogP contribution in [0.4, 0.5) is 5.69 Å². The van der Waals surface area contributed by atoms with Gasteiger partial charge in [0.15, 0.2) is 5.65 Å². The van der Waals surface area contributed by atoms with Crippen molar-refractivity contribution in [3.63, 3.8) is 0 Å². The Bertz CT molecular complexity index is 1270. The first-order valence-electron chi connectivity index (χ1n) is 9.44. The maximum absolute atomic E-state index is 12.7. The lowest BCUT2D eigenvalue weighted by atomic mass is 10.1. The van der Waals surface area contributed by atoms with Gasteiger partial charge in [-0.2, -0.15) is 0 Å². The average molecular weight is 435 g/mol. The zero-order valence-corrected chi connectivity index (χ0v) is 17.7. The number of nitrogens with zero attached hydrogens (tertiary/aromatic N) is 5. The lowest BCUT2D eigenvalue weighted by molar-refractivity contribution is 0.0827. The molecule has 31 heavy (non-hydrogen) atoms. The van der Waals surface area contributed by atoms with Gasteiger partial charge in [-0.25, -0.2) is 9.97 Å². The van der Waals surface area contributed by atoms with Crippen LogP contribution in [0, 0.1) is 0 Å². The first-order chi connectivity index (χ1) is 14.9. The molecule has 1 N–H and O–H groups in total. The van der Waals surface area contributed by atoms with Crippen LogP contribution in [0.2, 0.25) is 5.02 Å². The summed E-state index contributed by atoms with van der Waals surface area (Å²) in [4.78, 5) is 39.1. The molecule has 0 unspecified atom stereocenters. The lowest BCUT2D eigenvalue weighted by Crippen LogP contribution is -2.22. The van der Waals surface area contributed by atoms with E-state index < -0.39 is 0 Å². The topological polar surface area (TPSA) is 93.0 Å². The molecule has 0 atom stereocenters. The van der Waals surface area contributed by atoms with Crippen molar-refractivity contribution in [3.8, 4) is 0 Å². The molecule has 0 spiro atoms. The fourth-order valence-electron chi connectivity index (χ4n) is 3.09. The average Bonchev–Trinajstić information content (AvgIpc) is 3.16. The van der Waals surface area contributed by atoms with Crippen LogP contribution < -0.4 is 5.32 Å². The molecule has 4 aromatic rings. The number of amides is 2. The predicted octanol–water partition coefficient (Wildman–Crippen LogP) is 3.48. The fourth-order valence-corrected chi connectivity index (χ4v) is 3.35. The van der Waals surface area contributed by atoms with Crippen molar-refractivity contribution in [1.29, 1.82) is 0 Å². The van der Waals surface area contributed by atoms with E-state index in [-0.39, 0.29) is 16.8 Å². The Morgan fingerprint density at radius 2 is 1.97 bits per heavy atom. The first kappa shape index (κ1) is 20.5. The molecule has 4 rings (SSSR count). The summed E-state index contributed by atoms with van der Waals surface area (Å²) in [6.45, 7) is 0.583. The predicted molar refractivity (Wildman–Crippen MR) is 118 cm³/mol. The van der Waals surface area contributed by atoms with Gasteiger partial charge in [0.25, 0.3) is 11.8 Å². The van der Waals surface area contributed by atoms with E-state index in [0.717, 1.165) is 5.56 Å². The molecule has 156 valence electrons. The second kappa shape index (κ2) is 8.53. The molecule has 0 saturated carbocycles. The zero-order valence-electron chi connectivity index (χ0n) is 16.9. The number of aromatic nitrogens is 4. The summed E-state index contributed by atoms with van der Waals surface area (Å²) < 4.78 is 1.90. The fraction of sp³-hybridized carbons (Fsp3) is 0.136. The van der Waals surface area contributed by atoms with E-state index in [1.165, 1.54) is 11.1 Å². The van der Waals surface area contributed by atoms with Crippen LogP contribution in [0.25, 0.3) is 11.2 Å². The van der Waals surface area contributed by atoms with E-state index in [1.807, 2.05) is 16.7 Å². The minimum Gasteiger partial charge on any atom is -0.345 e. The van der Waals surface area contributed by atoms with Gasteiger partial charge in [-0.3, -0.25) is 14.6 Å². The van der Waals surface area contributed by atoms with Crippen LogP contribution in [0.1, 0.15) is 26.3 Å². The number of nitrogens with one attached hydrogen (secondary N) is 1. The number of halogens is 1. The molecule has 0 bridgehead atoms. The molecule has 3 aromatic heterocycles. The quantitative estimate of drug-likeness (QED) is 0.519. The van der Waals surface area contributed by atoms with Crippen molar-refractivity contribution in [2.75, 3.05) is 19.4 Å². The molecule has 0 fully saturated rings. The van der Waals surface area contributed by atoms with Gasteiger partial charge in [-0.15, -0.1) is 0 Å². The van der Waals surface area contributed by atoms with E-state index >= 15 is 0 Å². The van der Waals surface area contributed by atoms with E-state index in [0.29, 0.717) is 34.5 Å². The van der Waals surface area contributed by atoms with E-state index in [9.17, 15) is 9.59 Å². The van der Waals surface area contributed by atoms with Gasteiger partial charge in [0, 0.05) is 38.4 Å². The molecule has 9 heteroatoms. The summed E-state index contributed by atoms with van der Waals surface area (Å²) in [5.41, 5.74) is 3.53. The third-order valence-corrected chi connectivity index (χ3v) is 4.97.